The van der Waals surface area contributed by atoms with Crippen molar-refractivity contribution in [3.63, 3.8) is 0 Å². The van der Waals surface area contributed by atoms with Gasteiger partial charge in [-0.15, -0.1) is 0 Å². The molecular weight excluding hydrogens is 338 g/mol. The summed E-state index contributed by atoms with van der Waals surface area (Å²) >= 11 is 0. The van der Waals surface area contributed by atoms with E-state index in [-0.39, 0.29) is 11.3 Å². The van der Waals surface area contributed by atoms with Crippen molar-refractivity contribution in [2.24, 2.45) is 7.05 Å². The van der Waals surface area contributed by atoms with Gasteiger partial charge in [-0.3, -0.25) is 15.0 Å². The van der Waals surface area contributed by atoms with Crippen LogP contribution in [-0.4, -0.2) is 58.6 Å². The van der Waals surface area contributed by atoms with Crippen molar-refractivity contribution < 1.29 is 14.5 Å². The van der Waals surface area contributed by atoms with Gasteiger partial charge in [0.05, 0.1) is 18.6 Å². The maximum atomic E-state index is 11.9. The van der Waals surface area contributed by atoms with Gasteiger partial charge in [-0.2, -0.15) is 0 Å². The van der Waals surface area contributed by atoms with Gasteiger partial charge in [0.2, 0.25) is 0 Å². The van der Waals surface area contributed by atoms with Gasteiger partial charge in [-0.1, -0.05) is 0 Å². The SMILES string of the molecule is COC(=O)c1cc(N2CCN(Cc3nccn3C)CC2)ccc1[N+](=O)[O-]. The molecule has 0 unspecified atom stereocenters. The number of hydrogen-bond acceptors (Lipinski definition) is 7. The van der Waals surface area contributed by atoms with Gasteiger partial charge in [0.15, 0.2) is 0 Å². The summed E-state index contributed by atoms with van der Waals surface area (Å²) in [6.45, 7) is 4.01. The molecule has 1 aromatic carbocycles. The first kappa shape index (κ1) is 17.9. The Labute approximate surface area is 150 Å². The molecule has 0 saturated carbocycles. The number of imidazole rings is 1. The van der Waals surface area contributed by atoms with Gasteiger partial charge in [0.25, 0.3) is 5.69 Å². The average Bonchev–Trinajstić information content (AvgIpc) is 3.05. The number of anilines is 1. The number of ether oxygens (including phenoxy) is 1. The fraction of sp³-hybridized carbons (Fsp3) is 0.412. The molecule has 0 bridgehead atoms. The first-order valence-electron chi connectivity index (χ1n) is 8.30. The fourth-order valence-corrected chi connectivity index (χ4v) is 3.07. The smallest absolute Gasteiger partial charge is 0.344 e. The molecule has 1 aliphatic heterocycles. The molecule has 2 aromatic rings. The predicted octanol–water partition coefficient (Wildman–Crippen LogP) is 1.44. The van der Waals surface area contributed by atoms with E-state index in [1.54, 1.807) is 18.3 Å². The molecule has 9 heteroatoms. The number of hydrogen-bond donors (Lipinski definition) is 0. The third-order valence-corrected chi connectivity index (χ3v) is 4.61. The monoisotopic (exact) mass is 359 g/mol. The van der Waals surface area contributed by atoms with Crippen molar-refractivity contribution in [1.29, 1.82) is 0 Å². The highest BCUT2D eigenvalue weighted by molar-refractivity contribution is 5.95. The number of piperazine rings is 1. The van der Waals surface area contributed by atoms with Gasteiger partial charge in [-0.25, -0.2) is 9.78 Å². The normalized spacial score (nSPS) is 15.1. The third-order valence-electron chi connectivity index (χ3n) is 4.61. The Hall–Kier alpha value is -2.94. The largest absolute Gasteiger partial charge is 0.465 e. The van der Waals surface area contributed by atoms with E-state index < -0.39 is 10.9 Å². The molecule has 1 aliphatic rings. The topological polar surface area (TPSA) is 93.7 Å². The number of benzene rings is 1. The quantitative estimate of drug-likeness (QED) is 0.453. The lowest BCUT2D eigenvalue weighted by molar-refractivity contribution is -0.385. The summed E-state index contributed by atoms with van der Waals surface area (Å²) in [6, 6.07) is 4.58. The van der Waals surface area contributed by atoms with E-state index in [2.05, 4.69) is 19.5 Å². The number of aryl methyl sites for hydroxylation is 1. The summed E-state index contributed by atoms with van der Waals surface area (Å²) in [5.41, 5.74) is 0.520. The highest BCUT2D eigenvalue weighted by atomic mass is 16.6. The summed E-state index contributed by atoms with van der Waals surface area (Å²) in [5.74, 6) is 0.314. The summed E-state index contributed by atoms with van der Waals surface area (Å²) in [5, 5.41) is 11.1. The molecule has 26 heavy (non-hydrogen) atoms. The first-order chi connectivity index (χ1) is 12.5. The van der Waals surface area contributed by atoms with Gasteiger partial charge < -0.3 is 14.2 Å². The Morgan fingerprint density at radius 1 is 1.31 bits per heavy atom. The second-order valence-electron chi connectivity index (χ2n) is 6.17. The van der Waals surface area contributed by atoms with E-state index in [1.165, 1.54) is 13.2 Å². The molecular formula is C17H21N5O4. The maximum Gasteiger partial charge on any atom is 0.344 e. The fourth-order valence-electron chi connectivity index (χ4n) is 3.07. The van der Waals surface area contributed by atoms with Crippen LogP contribution < -0.4 is 4.90 Å². The van der Waals surface area contributed by atoms with Gasteiger partial charge in [0.1, 0.15) is 11.4 Å². The van der Waals surface area contributed by atoms with Crippen LogP contribution in [0.5, 0.6) is 0 Å². The molecule has 0 radical (unpaired) electrons. The molecule has 1 aromatic heterocycles. The standard InChI is InChI=1S/C17H21N5O4/c1-19-6-5-18-16(19)12-20-7-9-21(10-8-20)13-3-4-15(22(24)25)14(11-13)17(23)26-2/h3-6,11H,7-10,12H2,1-2H3. The second-order valence-corrected chi connectivity index (χ2v) is 6.17. The van der Waals surface area contributed by atoms with Crippen LogP contribution in [0.4, 0.5) is 11.4 Å². The number of rotatable bonds is 5. The molecule has 0 spiro atoms. The van der Waals surface area contributed by atoms with Crippen LogP contribution in [-0.2, 0) is 18.3 Å². The number of aromatic nitrogens is 2. The predicted molar refractivity (Wildman–Crippen MR) is 95.1 cm³/mol. The minimum Gasteiger partial charge on any atom is -0.465 e. The van der Waals surface area contributed by atoms with Gasteiger partial charge in [-0.05, 0) is 12.1 Å². The molecule has 2 heterocycles. The minimum absolute atomic E-state index is 0.0227. The van der Waals surface area contributed by atoms with Crippen LogP contribution in [0.25, 0.3) is 0 Å². The summed E-state index contributed by atoms with van der Waals surface area (Å²) in [4.78, 5) is 31.2. The van der Waals surface area contributed by atoms with Crippen LogP contribution in [0.3, 0.4) is 0 Å². The van der Waals surface area contributed by atoms with E-state index in [0.29, 0.717) is 0 Å². The van der Waals surface area contributed by atoms with Crippen molar-refractivity contribution in [3.05, 3.63) is 52.1 Å². The molecule has 9 nitrogen and oxygen atoms in total. The lowest BCUT2D eigenvalue weighted by atomic mass is 10.1. The van der Waals surface area contributed by atoms with Crippen LogP contribution >= 0.6 is 0 Å². The second kappa shape index (κ2) is 7.52. The summed E-state index contributed by atoms with van der Waals surface area (Å²) in [7, 11) is 3.19. The van der Waals surface area contributed by atoms with Crippen LogP contribution in [0.15, 0.2) is 30.6 Å². The number of esters is 1. The number of nitrogens with zero attached hydrogens (tertiary/aromatic N) is 5. The van der Waals surface area contributed by atoms with E-state index in [4.69, 9.17) is 0 Å². The number of nitro groups is 1. The van der Waals surface area contributed by atoms with Crippen molar-refractivity contribution in [3.8, 4) is 0 Å². The lowest BCUT2D eigenvalue weighted by Crippen LogP contribution is -2.46. The molecule has 3 rings (SSSR count). The van der Waals surface area contributed by atoms with Crippen LogP contribution in [0.2, 0.25) is 0 Å². The number of nitro benzene ring substituents is 1. The first-order valence-corrected chi connectivity index (χ1v) is 8.30. The molecule has 0 atom stereocenters. The Kier molecular flexibility index (Phi) is 5.17. The van der Waals surface area contributed by atoms with Crippen LogP contribution in [0.1, 0.15) is 16.2 Å². The molecule has 1 fully saturated rings. The van der Waals surface area contributed by atoms with Crippen molar-refractivity contribution >= 4 is 17.3 Å². The van der Waals surface area contributed by atoms with Crippen molar-refractivity contribution in [2.45, 2.75) is 6.54 Å². The zero-order valence-corrected chi connectivity index (χ0v) is 14.8. The van der Waals surface area contributed by atoms with Crippen LogP contribution in [0, 0.1) is 10.1 Å². The highest BCUT2D eigenvalue weighted by Gasteiger charge is 2.24. The average molecular weight is 359 g/mol. The van der Waals surface area contributed by atoms with Crippen molar-refractivity contribution in [1.82, 2.24) is 14.5 Å². The maximum absolute atomic E-state index is 11.9. The molecule has 0 aliphatic carbocycles. The summed E-state index contributed by atoms with van der Waals surface area (Å²) in [6.07, 6.45) is 3.72. The Balaban J connectivity index is 1.70. The highest BCUT2D eigenvalue weighted by Crippen LogP contribution is 2.26. The summed E-state index contributed by atoms with van der Waals surface area (Å²) < 4.78 is 6.68. The Morgan fingerprint density at radius 3 is 2.62 bits per heavy atom. The lowest BCUT2D eigenvalue weighted by Gasteiger charge is -2.36. The zero-order valence-electron chi connectivity index (χ0n) is 14.8. The van der Waals surface area contributed by atoms with E-state index in [9.17, 15) is 14.9 Å². The van der Waals surface area contributed by atoms with Gasteiger partial charge in [0, 0.05) is 57.4 Å². The molecule has 0 amide bonds. The van der Waals surface area contributed by atoms with E-state index in [0.717, 1.165) is 44.2 Å². The van der Waals surface area contributed by atoms with E-state index in [1.807, 2.05) is 17.8 Å². The van der Waals surface area contributed by atoms with E-state index >= 15 is 0 Å². The number of carbonyl (C=O) groups excluding carboxylic acids is 1. The van der Waals surface area contributed by atoms with Gasteiger partial charge >= 0.3 is 5.97 Å². The minimum atomic E-state index is -0.702. The number of carbonyl (C=O) groups is 1. The molecule has 138 valence electrons. The molecule has 0 N–H and O–H groups in total. The number of methoxy groups -OCH3 is 1. The Morgan fingerprint density at radius 2 is 2.04 bits per heavy atom. The zero-order chi connectivity index (χ0) is 18.7. The third kappa shape index (κ3) is 3.67. The van der Waals surface area contributed by atoms with Crippen molar-refractivity contribution in [2.75, 3.05) is 38.2 Å². The molecule has 1 saturated heterocycles. The Bertz CT molecular complexity index is 811.